The van der Waals surface area contributed by atoms with Crippen molar-refractivity contribution in [3.05, 3.63) is 0 Å². The van der Waals surface area contributed by atoms with Gasteiger partial charge in [-0.3, -0.25) is 14.4 Å². The second kappa shape index (κ2) is 4.85. The van der Waals surface area contributed by atoms with Crippen molar-refractivity contribution in [1.82, 2.24) is 0 Å². The Balaban J connectivity index is 2.19. The van der Waals surface area contributed by atoms with Crippen molar-refractivity contribution in [3.63, 3.8) is 0 Å². The highest BCUT2D eigenvalue weighted by Gasteiger charge is 2.50. The Morgan fingerprint density at radius 2 is 2.12 bits per heavy atom. The molecule has 5 heteroatoms. The van der Waals surface area contributed by atoms with Gasteiger partial charge in [0.25, 0.3) is 0 Å². The first-order valence-electron chi connectivity index (χ1n) is 5.93. The molecule has 17 heavy (non-hydrogen) atoms. The van der Waals surface area contributed by atoms with Crippen LogP contribution in [0.2, 0.25) is 0 Å². The van der Waals surface area contributed by atoms with Crippen molar-refractivity contribution in [2.24, 2.45) is 11.8 Å². The highest BCUT2D eigenvalue weighted by Crippen LogP contribution is 2.36. The number of ketones is 1. The maximum atomic E-state index is 11.6. The SMILES string of the molecule is COC(=O)C1C(=O)OC2CCCCC(=O)CC21. The summed E-state index contributed by atoms with van der Waals surface area (Å²) >= 11 is 0. The monoisotopic (exact) mass is 240 g/mol. The van der Waals surface area contributed by atoms with E-state index in [1.165, 1.54) is 7.11 Å². The van der Waals surface area contributed by atoms with Gasteiger partial charge in [0.1, 0.15) is 11.9 Å². The zero-order valence-electron chi connectivity index (χ0n) is 9.81. The second-order valence-electron chi connectivity index (χ2n) is 4.63. The summed E-state index contributed by atoms with van der Waals surface area (Å²) in [5.41, 5.74) is 0. The van der Waals surface area contributed by atoms with E-state index in [4.69, 9.17) is 4.74 Å². The van der Waals surface area contributed by atoms with Gasteiger partial charge in [0.2, 0.25) is 0 Å². The molecule has 0 amide bonds. The average Bonchev–Trinajstić information content (AvgIpc) is 2.57. The van der Waals surface area contributed by atoms with Gasteiger partial charge in [-0.25, -0.2) is 0 Å². The third kappa shape index (κ3) is 2.33. The number of fused-ring (bicyclic) bond motifs is 1. The molecule has 1 aliphatic heterocycles. The van der Waals surface area contributed by atoms with Gasteiger partial charge in [-0.05, 0) is 19.3 Å². The number of hydrogen-bond acceptors (Lipinski definition) is 5. The molecule has 2 aliphatic rings. The molecule has 3 unspecified atom stereocenters. The van der Waals surface area contributed by atoms with Gasteiger partial charge in [0, 0.05) is 18.8 Å². The van der Waals surface area contributed by atoms with E-state index in [0.717, 1.165) is 19.3 Å². The Labute approximate surface area is 99.5 Å². The number of ether oxygens (including phenoxy) is 2. The van der Waals surface area contributed by atoms with Crippen molar-refractivity contribution >= 4 is 17.7 Å². The summed E-state index contributed by atoms with van der Waals surface area (Å²) in [6.45, 7) is 0. The molecule has 0 aromatic carbocycles. The molecule has 0 aromatic rings. The fourth-order valence-electron chi connectivity index (χ4n) is 2.65. The summed E-state index contributed by atoms with van der Waals surface area (Å²) in [7, 11) is 1.24. The van der Waals surface area contributed by atoms with Crippen molar-refractivity contribution in [2.75, 3.05) is 7.11 Å². The third-order valence-corrected chi connectivity index (χ3v) is 3.54. The Morgan fingerprint density at radius 1 is 1.35 bits per heavy atom. The van der Waals surface area contributed by atoms with Gasteiger partial charge < -0.3 is 9.47 Å². The van der Waals surface area contributed by atoms with E-state index in [9.17, 15) is 14.4 Å². The van der Waals surface area contributed by atoms with Crippen LogP contribution in [0.5, 0.6) is 0 Å². The summed E-state index contributed by atoms with van der Waals surface area (Å²) in [6, 6.07) is 0. The molecule has 1 saturated heterocycles. The quantitative estimate of drug-likeness (QED) is 0.502. The molecular formula is C12H16O5. The van der Waals surface area contributed by atoms with E-state index >= 15 is 0 Å². The molecule has 0 spiro atoms. The van der Waals surface area contributed by atoms with Crippen LogP contribution in [-0.4, -0.2) is 30.9 Å². The van der Waals surface area contributed by atoms with Gasteiger partial charge in [0.15, 0.2) is 5.92 Å². The summed E-state index contributed by atoms with van der Waals surface area (Å²) in [4.78, 5) is 34.8. The fourth-order valence-corrected chi connectivity index (χ4v) is 2.65. The Bertz CT molecular complexity index is 349. The first kappa shape index (κ1) is 12.1. The van der Waals surface area contributed by atoms with Gasteiger partial charge in [0.05, 0.1) is 7.11 Å². The minimum absolute atomic E-state index is 0.104. The number of hydrogen-bond donors (Lipinski definition) is 0. The van der Waals surface area contributed by atoms with Crippen LogP contribution >= 0.6 is 0 Å². The van der Waals surface area contributed by atoms with Gasteiger partial charge in [-0.2, -0.15) is 0 Å². The third-order valence-electron chi connectivity index (χ3n) is 3.54. The van der Waals surface area contributed by atoms with Crippen LogP contribution in [0.25, 0.3) is 0 Å². The highest BCUT2D eigenvalue weighted by atomic mass is 16.6. The molecule has 94 valence electrons. The highest BCUT2D eigenvalue weighted by molar-refractivity contribution is 5.97. The number of rotatable bonds is 1. The molecule has 5 nitrogen and oxygen atoms in total. The van der Waals surface area contributed by atoms with Crippen molar-refractivity contribution in [1.29, 1.82) is 0 Å². The Kier molecular flexibility index (Phi) is 3.45. The van der Waals surface area contributed by atoms with Crippen molar-refractivity contribution in [3.8, 4) is 0 Å². The van der Waals surface area contributed by atoms with Crippen LogP contribution < -0.4 is 0 Å². The van der Waals surface area contributed by atoms with E-state index < -0.39 is 17.9 Å². The minimum atomic E-state index is -0.910. The number of carbonyl (C=O) groups excluding carboxylic acids is 3. The van der Waals surface area contributed by atoms with Crippen LogP contribution in [0.1, 0.15) is 32.1 Å². The topological polar surface area (TPSA) is 69.7 Å². The Hall–Kier alpha value is -1.39. The molecule has 1 saturated carbocycles. The normalized spacial score (nSPS) is 33.4. The average molecular weight is 240 g/mol. The molecule has 0 bridgehead atoms. The summed E-state index contributed by atoms with van der Waals surface area (Å²) in [5, 5.41) is 0. The zero-order chi connectivity index (χ0) is 12.4. The number of methoxy groups -OCH3 is 1. The number of carbonyl (C=O) groups is 3. The van der Waals surface area contributed by atoms with Crippen LogP contribution in [0.15, 0.2) is 0 Å². The smallest absolute Gasteiger partial charge is 0.321 e. The van der Waals surface area contributed by atoms with Crippen molar-refractivity contribution in [2.45, 2.75) is 38.2 Å². The molecule has 2 fully saturated rings. The van der Waals surface area contributed by atoms with Gasteiger partial charge >= 0.3 is 11.9 Å². The van der Waals surface area contributed by atoms with Crippen LogP contribution in [0, 0.1) is 11.8 Å². The summed E-state index contributed by atoms with van der Waals surface area (Å²) < 4.78 is 9.80. The fraction of sp³-hybridized carbons (Fsp3) is 0.750. The molecule has 1 heterocycles. The largest absolute Gasteiger partial charge is 0.468 e. The molecule has 3 atom stereocenters. The predicted molar refractivity (Wildman–Crippen MR) is 57.0 cm³/mol. The number of esters is 2. The molecule has 0 radical (unpaired) electrons. The minimum Gasteiger partial charge on any atom is -0.468 e. The van der Waals surface area contributed by atoms with Crippen LogP contribution in [-0.2, 0) is 23.9 Å². The van der Waals surface area contributed by atoms with E-state index in [1.807, 2.05) is 0 Å². The summed E-state index contributed by atoms with van der Waals surface area (Å²) in [5.74, 6) is -2.26. The Morgan fingerprint density at radius 3 is 2.82 bits per heavy atom. The lowest BCUT2D eigenvalue weighted by atomic mass is 9.81. The first-order chi connectivity index (χ1) is 8.13. The number of Topliss-reactive ketones (excluding diaryl/α,β-unsaturated/α-hetero) is 1. The predicted octanol–water partition coefficient (Wildman–Crippen LogP) is 0.850. The summed E-state index contributed by atoms with van der Waals surface area (Å²) in [6.07, 6.45) is 2.91. The first-order valence-corrected chi connectivity index (χ1v) is 5.93. The molecule has 0 aromatic heterocycles. The zero-order valence-corrected chi connectivity index (χ0v) is 9.81. The van der Waals surface area contributed by atoms with Gasteiger partial charge in [-0.15, -0.1) is 0 Å². The lowest BCUT2D eigenvalue weighted by Gasteiger charge is -2.21. The van der Waals surface area contributed by atoms with Crippen LogP contribution in [0.4, 0.5) is 0 Å². The maximum absolute atomic E-state index is 11.6. The maximum Gasteiger partial charge on any atom is 0.321 e. The van der Waals surface area contributed by atoms with E-state index in [-0.39, 0.29) is 24.2 Å². The molecule has 0 N–H and O–H groups in total. The van der Waals surface area contributed by atoms with E-state index in [2.05, 4.69) is 4.74 Å². The van der Waals surface area contributed by atoms with Crippen LogP contribution in [0.3, 0.4) is 0 Å². The van der Waals surface area contributed by atoms with E-state index in [0.29, 0.717) is 6.42 Å². The molecule has 2 rings (SSSR count). The van der Waals surface area contributed by atoms with Crippen molar-refractivity contribution < 1.29 is 23.9 Å². The lowest BCUT2D eigenvalue weighted by Crippen LogP contribution is -2.31. The second-order valence-corrected chi connectivity index (χ2v) is 4.63. The van der Waals surface area contributed by atoms with Gasteiger partial charge in [-0.1, -0.05) is 0 Å². The van der Waals surface area contributed by atoms with E-state index in [1.54, 1.807) is 0 Å². The standard InChI is InChI=1S/C12H16O5/c1-16-11(14)10-8-6-7(13)4-2-3-5-9(8)17-12(10)15/h8-10H,2-6H2,1H3. The molecular weight excluding hydrogens is 224 g/mol. The lowest BCUT2D eigenvalue weighted by molar-refractivity contribution is -0.155. The molecule has 1 aliphatic carbocycles.